The number of anilines is 1. The predicted octanol–water partition coefficient (Wildman–Crippen LogP) is 2.04. The van der Waals surface area contributed by atoms with Crippen molar-refractivity contribution in [1.82, 2.24) is 4.31 Å². The third-order valence-electron chi connectivity index (χ3n) is 3.76. The number of hydrogen-bond donors (Lipinski definition) is 1. The number of nitrogens with one attached hydrogen (secondary N) is 1. The van der Waals surface area contributed by atoms with Gasteiger partial charge in [-0.3, -0.25) is 0 Å². The maximum absolute atomic E-state index is 12.8. The van der Waals surface area contributed by atoms with Gasteiger partial charge in [0.1, 0.15) is 10.7 Å². The number of rotatable bonds is 4. The van der Waals surface area contributed by atoms with Gasteiger partial charge in [-0.1, -0.05) is 30.3 Å². The van der Waals surface area contributed by atoms with Crippen LogP contribution in [0.4, 0.5) is 5.69 Å². The Morgan fingerprint density at radius 3 is 2.48 bits per heavy atom. The largest absolute Gasteiger partial charge is 0.342 e. The number of hydrogen-bond acceptors (Lipinski definition) is 5. The van der Waals surface area contributed by atoms with Gasteiger partial charge in [0.2, 0.25) is 10.0 Å². The van der Waals surface area contributed by atoms with Crippen LogP contribution in [-0.4, -0.2) is 34.0 Å². The molecule has 0 saturated heterocycles. The van der Waals surface area contributed by atoms with E-state index in [1.165, 1.54) is 30.4 Å². The molecule has 3 rings (SSSR count). The minimum Gasteiger partial charge on any atom is -0.342 e. The topological polar surface area (TPSA) is 95.9 Å². The summed E-state index contributed by atoms with van der Waals surface area (Å²) in [6, 6.07) is 13.1. The van der Waals surface area contributed by atoms with E-state index in [0.29, 0.717) is 5.69 Å². The van der Waals surface area contributed by atoms with Crippen molar-refractivity contribution in [2.24, 2.45) is 4.40 Å². The van der Waals surface area contributed by atoms with E-state index >= 15 is 0 Å². The molecule has 1 N–H and O–H groups in total. The molecule has 0 aliphatic carbocycles. The first-order chi connectivity index (χ1) is 11.7. The lowest BCUT2D eigenvalue weighted by Gasteiger charge is -2.20. The Bertz CT molecular complexity index is 1050. The van der Waals surface area contributed by atoms with E-state index in [0.717, 1.165) is 11.6 Å². The minimum atomic E-state index is -3.92. The van der Waals surface area contributed by atoms with E-state index < -0.39 is 20.0 Å². The van der Waals surface area contributed by atoms with Crippen LogP contribution >= 0.6 is 0 Å². The van der Waals surface area contributed by atoms with Crippen molar-refractivity contribution in [2.45, 2.75) is 23.3 Å². The first kappa shape index (κ1) is 17.6. The molecule has 0 fully saturated rings. The van der Waals surface area contributed by atoms with E-state index in [4.69, 9.17) is 0 Å². The molecule has 0 spiro atoms. The number of sulfonamides is 2. The number of amidine groups is 1. The van der Waals surface area contributed by atoms with Gasteiger partial charge in [-0.25, -0.2) is 8.42 Å². The molecule has 1 heterocycles. The predicted molar refractivity (Wildman–Crippen MR) is 95.5 cm³/mol. The molecular weight excluding hydrogens is 362 g/mol. The molecule has 7 nitrogen and oxygen atoms in total. The molecule has 2 aromatic carbocycles. The summed E-state index contributed by atoms with van der Waals surface area (Å²) >= 11 is 0. The van der Waals surface area contributed by atoms with Crippen LogP contribution in [0.2, 0.25) is 0 Å². The van der Waals surface area contributed by atoms with Gasteiger partial charge in [0.05, 0.1) is 10.6 Å². The standard InChI is InChI=1S/C16H17N3O4S2/c1-12-17-15-9-8-14(10-16(15)24(20,21)18-12)25(22,23)19(2)11-13-6-4-3-5-7-13/h3-10H,11H2,1-2H3,(H,17,18). The number of nitrogens with zero attached hydrogens (tertiary/aromatic N) is 2. The van der Waals surface area contributed by atoms with Crippen LogP contribution in [0.25, 0.3) is 0 Å². The molecule has 0 unspecified atom stereocenters. The first-order valence-corrected chi connectivity index (χ1v) is 10.3. The zero-order valence-electron chi connectivity index (χ0n) is 13.7. The van der Waals surface area contributed by atoms with Crippen LogP contribution in [-0.2, 0) is 26.6 Å². The third kappa shape index (κ3) is 3.44. The van der Waals surface area contributed by atoms with Crippen LogP contribution in [0.15, 0.2) is 62.7 Å². The Morgan fingerprint density at radius 1 is 1.12 bits per heavy atom. The van der Waals surface area contributed by atoms with Crippen molar-refractivity contribution in [1.29, 1.82) is 0 Å². The third-order valence-corrected chi connectivity index (χ3v) is 6.97. The highest BCUT2D eigenvalue weighted by Gasteiger charge is 2.28. The van der Waals surface area contributed by atoms with Crippen molar-refractivity contribution in [2.75, 3.05) is 12.4 Å². The van der Waals surface area contributed by atoms with Crippen LogP contribution in [0.5, 0.6) is 0 Å². The second-order valence-corrected chi connectivity index (χ2v) is 9.30. The van der Waals surface area contributed by atoms with Gasteiger partial charge >= 0.3 is 0 Å². The summed E-state index contributed by atoms with van der Waals surface area (Å²) in [6.07, 6.45) is 0. The Kier molecular flexibility index (Phi) is 4.40. The first-order valence-electron chi connectivity index (χ1n) is 7.43. The van der Waals surface area contributed by atoms with Gasteiger partial charge in [-0.05, 0) is 30.7 Å². The Hall–Kier alpha value is -2.23. The van der Waals surface area contributed by atoms with Crippen LogP contribution in [0.1, 0.15) is 12.5 Å². The van der Waals surface area contributed by atoms with E-state index in [1.807, 2.05) is 30.3 Å². The molecule has 0 atom stereocenters. The monoisotopic (exact) mass is 379 g/mol. The molecule has 0 radical (unpaired) electrons. The molecule has 0 amide bonds. The van der Waals surface area contributed by atoms with Crippen molar-refractivity contribution in [3.63, 3.8) is 0 Å². The van der Waals surface area contributed by atoms with Gasteiger partial charge < -0.3 is 5.32 Å². The Labute approximate surface area is 147 Å². The number of benzene rings is 2. The molecule has 0 bridgehead atoms. The highest BCUT2D eigenvalue weighted by molar-refractivity contribution is 7.91. The summed E-state index contributed by atoms with van der Waals surface area (Å²) in [4.78, 5) is -0.239. The summed E-state index contributed by atoms with van der Waals surface area (Å²) in [5.74, 6) is 0.240. The maximum Gasteiger partial charge on any atom is 0.286 e. The Morgan fingerprint density at radius 2 is 1.80 bits per heavy atom. The Balaban J connectivity index is 1.97. The fourth-order valence-corrected chi connectivity index (χ4v) is 4.97. The molecular formula is C16H17N3O4S2. The second kappa shape index (κ2) is 6.25. The van der Waals surface area contributed by atoms with E-state index in [-0.39, 0.29) is 22.2 Å². The molecule has 132 valence electrons. The average molecular weight is 379 g/mol. The van der Waals surface area contributed by atoms with E-state index in [9.17, 15) is 16.8 Å². The number of fused-ring (bicyclic) bond motifs is 1. The second-order valence-electron chi connectivity index (χ2n) is 5.68. The van der Waals surface area contributed by atoms with Crippen LogP contribution in [0.3, 0.4) is 0 Å². The zero-order valence-corrected chi connectivity index (χ0v) is 15.3. The highest BCUT2D eigenvalue weighted by atomic mass is 32.2. The summed E-state index contributed by atoms with van der Waals surface area (Å²) < 4.78 is 54.7. The smallest absolute Gasteiger partial charge is 0.286 e. The summed E-state index contributed by atoms with van der Waals surface area (Å²) in [5.41, 5.74) is 1.15. The van der Waals surface area contributed by atoms with Gasteiger partial charge in [0.25, 0.3) is 10.0 Å². The zero-order chi connectivity index (χ0) is 18.2. The molecule has 0 saturated carbocycles. The molecule has 0 aromatic heterocycles. The summed E-state index contributed by atoms with van der Waals surface area (Å²) in [6.45, 7) is 1.71. The van der Waals surface area contributed by atoms with Crippen LogP contribution in [0, 0.1) is 0 Å². The molecule has 2 aromatic rings. The lowest BCUT2D eigenvalue weighted by Crippen LogP contribution is -2.27. The van der Waals surface area contributed by atoms with Crippen molar-refractivity contribution < 1.29 is 16.8 Å². The quantitative estimate of drug-likeness (QED) is 0.877. The highest BCUT2D eigenvalue weighted by Crippen LogP contribution is 2.30. The molecule has 25 heavy (non-hydrogen) atoms. The van der Waals surface area contributed by atoms with Gasteiger partial charge in [0.15, 0.2) is 0 Å². The SMILES string of the molecule is CC1=NS(=O)(=O)c2cc(S(=O)(=O)N(C)Cc3ccccc3)ccc2N1. The molecule has 1 aliphatic rings. The van der Waals surface area contributed by atoms with E-state index in [1.54, 1.807) is 0 Å². The summed E-state index contributed by atoms with van der Waals surface area (Å²) in [5, 5.41) is 2.83. The average Bonchev–Trinajstić information content (AvgIpc) is 2.54. The fourth-order valence-electron chi connectivity index (χ4n) is 2.53. The maximum atomic E-state index is 12.8. The van der Waals surface area contributed by atoms with Gasteiger partial charge in [-0.2, -0.15) is 12.7 Å². The van der Waals surface area contributed by atoms with Gasteiger partial charge in [-0.15, -0.1) is 4.40 Å². The van der Waals surface area contributed by atoms with Crippen molar-refractivity contribution in [3.8, 4) is 0 Å². The summed E-state index contributed by atoms with van der Waals surface area (Å²) in [7, 11) is -6.30. The fraction of sp³-hybridized carbons (Fsp3) is 0.188. The van der Waals surface area contributed by atoms with E-state index in [2.05, 4.69) is 9.71 Å². The molecule has 9 heteroatoms. The van der Waals surface area contributed by atoms with Gasteiger partial charge in [0, 0.05) is 13.6 Å². The minimum absolute atomic E-state index is 0.0928. The molecule has 1 aliphatic heterocycles. The van der Waals surface area contributed by atoms with Crippen molar-refractivity contribution >= 4 is 31.6 Å². The normalized spacial score (nSPS) is 16.0. The van der Waals surface area contributed by atoms with Crippen molar-refractivity contribution in [3.05, 3.63) is 54.1 Å². The lowest BCUT2D eigenvalue weighted by molar-refractivity contribution is 0.466. The lowest BCUT2D eigenvalue weighted by atomic mass is 10.2. The van der Waals surface area contributed by atoms with Crippen LogP contribution < -0.4 is 5.32 Å².